The molecule has 0 radical (unpaired) electrons. The van der Waals surface area contributed by atoms with Gasteiger partial charge in [0.15, 0.2) is 0 Å². The van der Waals surface area contributed by atoms with E-state index in [0.29, 0.717) is 13.0 Å². The number of nitrogens with zero attached hydrogens (tertiary/aromatic N) is 2. The zero-order valence-electron chi connectivity index (χ0n) is 18.2. The summed E-state index contributed by atoms with van der Waals surface area (Å²) in [5.74, 6) is 0.383. The molecule has 0 saturated carbocycles. The summed E-state index contributed by atoms with van der Waals surface area (Å²) in [7, 11) is 2.07. The minimum atomic E-state index is 0.0802. The molecule has 0 bridgehead atoms. The van der Waals surface area contributed by atoms with E-state index in [9.17, 15) is 4.79 Å². The predicted molar refractivity (Wildman–Crippen MR) is 126 cm³/mol. The molecule has 0 aliphatic carbocycles. The first-order chi connectivity index (χ1) is 15.1. The summed E-state index contributed by atoms with van der Waals surface area (Å²) < 4.78 is 2.16. The topological polar surface area (TPSA) is 46.9 Å². The monoisotopic (exact) mass is 411 g/mol. The number of aromatic nitrogens is 2. The van der Waals surface area contributed by atoms with Crippen LogP contribution in [0.2, 0.25) is 0 Å². The van der Waals surface area contributed by atoms with Crippen LogP contribution >= 0.6 is 0 Å². The summed E-state index contributed by atoms with van der Waals surface area (Å²) in [6.45, 7) is 2.82. The highest BCUT2D eigenvalue weighted by Crippen LogP contribution is 2.39. The number of amides is 1. The molecule has 2 aromatic carbocycles. The van der Waals surface area contributed by atoms with E-state index in [-0.39, 0.29) is 17.7 Å². The Morgan fingerprint density at radius 3 is 2.52 bits per heavy atom. The maximum atomic E-state index is 13.0. The number of hydrogen-bond acceptors (Lipinski definition) is 2. The fourth-order valence-electron chi connectivity index (χ4n) is 4.36. The van der Waals surface area contributed by atoms with Gasteiger partial charge in [-0.05, 0) is 35.2 Å². The van der Waals surface area contributed by atoms with Gasteiger partial charge in [0.1, 0.15) is 0 Å². The van der Waals surface area contributed by atoms with Crippen LogP contribution in [0.25, 0.3) is 10.9 Å². The number of hydrogen-bond donors (Lipinski definition) is 1. The number of fused-ring (bicyclic) bond motifs is 1. The van der Waals surface area contributed by atoms with Crippen molar-refractivity contribution in [3.63, 3.8) is 0 Å². The van der Waals surface area contributed by atoms with Crippen molar-refractivity contribution in [1.29, 1.82) is 0 Å². The van der Waals surface area contributed by atoms with Crippen LogP contribution in [0.3, 0.4) is 0 Å². The molecule has 4 rings (SSSR count). The van der Waals surface area contributed by atoms with Crippen molar-refractivity contribution in [3.8, 4) is 0 Å². The van der Waals surface area contributed by atoms with Crippen LogP contribution in [0, 0.1) is 0 Å². The Balaban J connectivity index is 1.56. The molecule has 1 N–H and O–H groups in total. The third-order valence-corrected chi connectivity index (χ3v) is 6.09. The van der Waals surface area contributed by atoms with Gasteiger partial charge in [-0.25, -0.2) is 0 Å². The smallest absolute Gasteiger partial charge is 0.220 e. The van der Waals surface area contributed by atoms with E-state index in [1.165, 1.54) is 22.0 Å². The second kappa shape index (κ2) is 9.61. The van der Waals surface area contributed by atoms with E-state index >= 15 is 0 Å². The van der Waals surface area contributed by atoms with Crippen molar-refractivity contribution in [2.24, 2.45) is 7.05 Å². The van der Waals surface area contributed by atoms with Gasteiger partial charge in [-0.1, -0.05) is 61.5 Å². The summed E-state index contributed by atoms with van der Waals surface area (Å²) in [6, 6.07) is 24.8. The number of rotatable bonds is 8. The highest BCUT2D eigenvalue weighted by Gasteiger charge is 2.26. The summed E-state index contributed by atoms with van der Waals surface area (Å²) >= 11 is 0. The maximum Gasteiger partial charge on any atom is 0.220 e. The van der Waals surface area contributed by atoms with E-state index in [4.69, 9.17) is 0 Å². The number of pyridine rings is 1. The van der Waals surface area contributed by atoms with Crippen molar-refractivity contribution >= 4 is 16.8 Å². The average molecular weight is 412 g/mol. The van der Waals surface area contributed by atoms with Crippen molar-refractivity contribution in [1.82, 2.24) is 14.9 Å². The second-order valence-electron chi connectivity index (χ2n) is 8.14. The summed E-state index contributed by atoms with van der Waals surface area (Å²) in [5, 5.41) is 4.33. The van der Waals surface area contributed by atoms with Gasteiger partial charge >= 0.3 is 0 Å². The lowest BCUT2D eigenvalue weighted by Gasteiger charge is -2.24. The number of nitrogens with one attached hydrogen (secondary N) is 1. The molecule has 2 atom stereocenters. The molecule has 2 aromatic heterocycles. The van der Waals surface area contributed by atoms with Gasteiger partial charge in [-0.2, -0.15) is 0 Å². The quantitative estimate of drug-likeness (QED) is 0.433. The molecule has 1 amide bonds. The largest absolute Gasteiger partial charge is 0.356 e. The Labute approximate surface area is 183 Å². The van der Waals surface area contributed by atoms with Crippen molar-refractivity contribution in [3.05, 3.63) is 102 Å². The molecule has 4 aromatic rings. The van der Waals surface area contributed by atoms with Gasteiger partial charge in [0.2, 0.25) is 5.91 Å². The van der Waals surface area contributed by atoms with Crippen LogP contribution in [0.15, 0.2) is 85.2 Å². The number of aryl methyl sites for hydroxylation is 1. The van der Waals surface area contributed by atoms with Crippen LogP contribution in [0.5, 0.6) is 0 Å². The first-order valence-corrected chi connectivity index (χ1v) is 10.9. The second-order valence-corrected chi connectivity index (χ2v) is 8.14. The normalized spacial score (nSPS) is 13.1. The molecule has 0 spiro atoms. The van der Waals surface area contributed by atoms with Gasteiger partial charge in [0.05, 0.1) is 0 Å². The van der Waals surface area contributed by atoms with Gasteiger partial charge in [-0.3, -0.25) is 9.78 Å². The number of carbonyl (C=O) groups is 1. The minimum Gasteiger partial charge on any atom is -0.356 e. The van der Waals surface area contributed by atoms with Gasteiger partial charge < -0.3 is 9.88 Å². The molecule has 0 unspecified atom stereocenters. The molecule has 0 aliphatic heterocycles. The number of benzene rings is 2. The van der Waals surface area contributed by atoms with E-state index in [2.05, 4.69) is 83.6 Å². The van der Waals surface area contributed by atoms with Crippen LogP contribution in [-0.2, 0) is 18.3 Å². The van der Waals surface area contributed by atoms with Crippen LogP contribution in [-0.4, -0.2) is 22.0 Å². The zero-order chi connectivity index (χ0) is 21.6. The summed E-state index contributed by atoms with van der Waals surface area (Å²) in [5.41, 5.74) is 4.67. The molecule has 4 nitrogen and oxygen atoms in total. The van der Waals surface area contributed by atoms with Gasteiger partial charge in [0.25, 0.3) is 0 Å². The SMILES string of the molecule is C[C@H](c1ccccc1)[C@H](CC(=O)NCCc1ccccn1)c1cn(C)c2ccccc12. The highest BCUT2D eigenvalue weighted by atomic mass is 16.1. The van der Waals surface area contributed by atoms with Crippen molar-refractivity contribution in [2.45, 2.75) is 31.6 Å². The van der Waals surface area contributed by atoms with Gasteiger partial charge in [-0.15, -0.1) is 0 Å². The molecule has 158 valence electrons. The van der Waals surface area contributed by atoms with Crippen molar-refractivity contribution in [2.75, 3.05) is 6.54 Å². The van der Waals surface area contributed by atoms with Gasteiger partial charge in [0, 0.05) is 61.3 Å². The van der Waals surface area contributed by atoms with E-state index < -0.39 is 0 Å². The third kappa shape index (κ3) is 4.85. The van der Waals surface area contributed by atoms with E-state index in [1.54, 1.807) is 6.20 Å². The zero-order valence-corrected chi connectivity index (χ0v) is 18.2. The highest BCUT2D eigenvalue weighted by molar-refractivity contribution is 5.86. The standard InChI is InChI=1S/C27H29N3O/c1-20(21-10-4-3-5-11-21)24(25-19-30(2)26-14-7-6-13-23(25)26)18-27(31)29-17-15-22-12-8-9-16-28-22/h3-14,16,19-20,24H,15,17-18H2,1-2H3,(H,29,31)/t20-,24+/m1/s1. The van der Waals surface area contributed by atoms with E-state index in [0.717, 1.165) is 12.1 Å². The first-order valence-electron chi connectivity index (χ1n) is 10.9. The fraction of sp³-hybridized carbons (Fsp3) is 0.259. The first kappa shape index (κ1) is 20.9. The molecular weight excluding hydrogens is 382 g/mol. The minimum absolute atomic E-state index is 0.0802. The Morgan fingerprint density at radius 2 is 1.74 bits per heavy atom. The predicted octanol–water partition coefficient (Wildman–Crippen LogP) is 5.21. The fourth-order valence-corrected chi connectivity index (χ4v) is 4.36. The Hall–Kier alpha value is -3.40. The lowest BCUT2D eigenvalue weighted by atomic mass is 9.80. The Bertz CT molecular complexity index is 1140. The summed E-state index contributed by atoms with van der Waals surface area (Å²) in [4.78, 5) is 17.3. The molecular formula is C27H29N3O. The summed E-state index contributed by atoms with van der Waals surface area (Å²) in [6.07, 6.45) is 5.16. The molecule has 0 aliphatic rings. The third-order valence-electron chi connectivity index (χ3n) is 6.09. The van der Waals surface area contributed by atoms with Crippen LogP contribution in [0.1, 0.15) is 42.0 Å². The molecule has 2 heterocycles. The molecule has 0 saturated heterocycles. The number of para-hydroxylation sites is 1. The van der Waals surface area contributed by atoms with Crippen LogP contribution in [0.4, 0.5) is 0 Å². The number of carbonyl (C=O) groups excluding carboxylic acids is 1. The lowest BCUT2D eigenvalue weighted by Crippen LogP contribution is -2.28. The van der Waals surface area contributed by atoms with Crippen LogP contribution < -0.4 is 5.32 Å². The Morgan fingerprint density at radius 1 is 1.00 bits per heavy atom. The molecule has 4 heteroatoms. The maximum absolute atomic E-state index is 13.0. The lowest BCUT2D eigenvalue weighted by molar-refractivity contribution is -0.121. The molecule has 0 fully saturated rings. The van der Waals surface area contributed by atoms with Crippen molar-refractivity contribution < 1.29 is 4.79 Å². The van der Waals surface area contributed by atoms with E-state index in [1.807, 2.05) is 24.3 Å². The Kier molecular flexibility index (Phi) is 6.46. The average Bonchev–Trinajstić information content (AvgIpc) is 3.15. The molecule has 31 heavy (non-hydrogen) atoms.